The van der Waals surface area contributed by atoms with E-state index < -0.39 is 5.97 Å². The minimum atomic E-state index is -0.861. The van der Waals surface area contributed by atoms with Gasteiger partial charge >= 0.3 is 5.97 Å². The van der Waals surface area contributed by atoms with Crippen LogP contribution in [0.3, 0.4) is 0 Å². The Morgan fingerprint density at radius 2 is 2.18 bits per heavy atom. The zero-order valence-electron chi connectivity index (χ0n) is 10.2. The summed E-state index contributed by atoms with van der Waals surface area (Å²) in [5, 5.41) is 9.12. The Morgan fingerprint density at radius 3 is 2.71 bits per heavy atom. The van der Waals surface area contributed by atoms with Crippen molar-refractivity contribution < 1.29 is 9.90 Å². The fraction of sp³-hybridized carbons (Fsp3) is 0.583. The van der Waals surface area contributed by atoms with E-state index in [-0.39, 0.29) is 17.8 Å². The third kappa shape index (κ3) is 2.48. The van der Waals surface area contributed by atoms with Gasteiger partial charge in [-0.15, -0.1) is 12.4 Å². The summed E-state index contributed by atoms with van der Waals surface area (Å²) in [5.41, 5.74) is 8.50. The van der Waals surface area contributed by atoms with E-state index in [1.54, 1.807) is 0 Å². The summed E-state index contributed by atoms with van der Waals surface area (Å²) < 4.78 is 1.87. The van der Waals surface area contributed by atoms with Gasteiger partial charge in [0, 0.05) is 18.8 Å². The third-order valence-corrected chi connectivity index (χ3v) is 3.19. The van der Waals surface area contributed by atoms with E-state index >= 15 is 0 Å². The molecule has 0 unspecified atom stereocenters. The van der Waals surface area contributed by atoms with Crippen LogP contribution < -0.4 is 5.73 Å². The molecule has 0 atom stereocenters. The van der Waals surface area contributed by atoms with Crippen LogP contribution in [0, 0.1) is 5.41 Å². The van der Waals surface area contributed by atoms with E-state index in [0.717, 1.165) is 18.5 Å². The molecule has 1 heterocycles. The number of fused-ring (bicyclic) bond motifs is 1. The van der Waals surface area contributed by atoms with E-state index in [0.29, 0.717) is 18.8 Å². The van der Waals surface area contributed by atoms with E-state index in [4.69, 9.17) is 10.8 Å². The number of rotatable bonds is 3. The number of aromatic carboxylic acids is 1. The van der Waals surface area contributed by atoms with Gasteiger partial charge in [0.2, 0.25) is 0 Å². The van der Waals surface area contributed by atoms with Gasteiger partial charge in [-0.25, -0.2) is 4.79 Å². The maximum absolute atomic E-state index is 11.1. The van der Waals surface area contributed by atoms with Crippen molar-refractivity contribution in [3.05, 3.63) is 23.0 Å². The Labute approximate surface area is 107 Å². The van der Waals surface area contributed by atoms with Gasteiger partial charge in [-0.1, -0.05) is 13.8 Å². The Kier molecular flexibility index (Phi) is 3.89. The van der Waals surface area contributed by atoms with Gasteiger partial charge in [0.15, 0.2) is 0 Å². The third-order valence-electron chi connectivity index (χ3n) is 3.19. The van der Waals surface area contributed by atoms with Crippen LogP contribution in [0.15, 0.2) is 6.07 Å². The lowest BCUT2D eigenvalue weighted by molar-refractivity contribution is 0.0684. The summed E-state index contributed by atoms with van der Waals surface area (Å²) in [5.74, 6) is -0.861. The average molecular weight is 259 g/mol. The summed E-state index contributed by atoms with van der Waals surface area (Å²) in [6.45, 7) is 5.48. The van der Waals surface area contributed by atoms with Gasteiger partial charge < -0.3 is 15.4 Å². The normalized spacial score (nSPS) is 16.4. The molecule has 0 radical (unpaired) electrons. The summed E-state index contributed by atoms with van der Waals surface area (Å²) in [7, 11) is 0. The van der Waals surface area contributed by atoms with Crippen LogP contribution in [0.1, 0.15) is 35.6 Å². The Hall–Kier alpha value is -1.00. The summed E-state index contributed by atoms with van der Waals surface area (Å²) in [6, 6.07) is 1.81. The molecule has 0 fully saturated rings. The van der Waals surface area contributed by atoms with Crippen molar-refractivity contribution in [3.8, 4) is 0 Å². The Bertz CT molecular complexity index is 438. The minimum Gasteiger partial charge on any atom is -0.477 e. The molecule has 0 amide bonds. The lowest BCUT2D eigenvalue weighted by Crippen LogP contribution is -2.19. The zero-order chi connectivity index (χ0) is 11.9. The molecular weight excluding hydrogens is 240 g/mol. The predicted octanol–water partition coefficient (Wildman–Crippen LogP) is 1.69. The Balaban J connectivity index is 0.00000144. The molecule has 0 bridgehead atoms. The number of nitrogens with two attached hydrogens (primary N) is 1. The standard InChI is InChI=1S/C12H18N2O2.ClH/c1-12(2)6-8-5-9(11(15)16)14(4-3-13)10(8)7-12;/h5H,3-4,6-7,13H2,1-2H3,(H,15,16);1H. The Morgan fingerprint density at radius 1 is 1.53 bits per heavy atom. The van der Waals surface area contributed by atoms with E-state index in [1.165, 1.54) is 5.56 Å². The fourth-order valence-corrected chi connectivity index (χ4v) is 2.60. The van der Waals surface area contributed by atoms with Crippen LogP contribution in [0.25, 0.3) is 0 Å². The number of hydrogen-bond acceptors (Lipinski definition) is 2. The number of hydrogen-bond donors (Lipinski definition) is 2. The van der Waals surface area contributed by atoms with Crippen LogP contribution >= 0.6 is 12.4 Å². The van der Waals surface area contributed by atoms with Crippen LogP contribution in [-0.4, -0.2) is 22.2 Å². The van der Waals surface area contributed by atoms with Gasteiger partial charge in [-0.3, -0.25) is 0 Å². The zero-order valence-corrected chi connectivity index (χ0v) is 11.0. The second kappa shape index (κ2) is 4.70. The van der Waals surface area contributed by atoms with E-state index in [2.05, 4.69) is 13.8 Å². The number of carboxylic acids is 1. The molecule has 1 aromatic rings. The van der Waals surface area contributed by atoms with Gasteiger partial charge in [0.25, 0.3) is 0 Å². The van der Waals surface area contributed by atoms with Crippen molar-refractivity contribution in [3.63, 3.8) is 0 Å². The molecule has 0 aromatic carbocycles. The molecule has 0 aliphatic heterocycles. The van der Waals surface area contributed by atoms with Gasteiger partial charge in [0.05, 0.1) is 0 Å². The highest BCUT2D eigenvalue weighted by molar-refractivity contribution is 5.86. The van der Waals surface area contributed by atoms with Crippen molar-refractivity contribution in [2.24, 2.45) is 11.1 Å². The van der Waals surface area contributed by atoms with Gasteiger partial charge in [0.1, 0.15) is 5.69 Å². The first kappa shape index (κ1) is 14.1. The molecule has 1 aliphatic carbocycles. The molecule has 1 aromatic heterocycles. The second-order valence-electron chi connectivity index (χ2n) is 5.26. The largest absolute Gasteiger partial charge is 0.477 e. The molecular formula is C12H19ClN2O2. The van der Waals surface area contributed by atoms with Crippen molar-refractivity contribution in [1.29, 1.82) is 0 Å². The number of aromatic nitrogens is 1. The highest BCUT2D eigenvalue weighted by atomic mass is 35.5. The quantitative estimate of drug-likeness (QED) is 0.867. The maximum Gasteiger partial charge on any atom is 0.352 e. The van der Waals surface area contributed by atoms with E-state index in [9.17, 15) is 4.79 Å². The van der Waals surface area contributed by atoms with Gasteiger partial charge in [-0.2, -0.15) is 0 Å². The predicted molar refractivity (Wildman–Crippen MR) is 68.9 cm³/mol. The lowest BCUT2D eigenvalue weighted by atomic mass is 9.90. The number of halogens is 1. The summed E-state index contributed by atoms with van der Waals surface area (Å²) in [6.07, 6.45) is 1.90. The van der Waals surface area contributed by atoms with Crippen molar-refractivity contribution in [2.75, 3.05) is 6.54 Å². The first-order chi connectivity index (χ1) is 7.44. The van der Waals surface area contributed by atoms with Crippen molar-refractivity contribution in [1.82, 2.24) is 4.57 Å². The van der Waals surface area contributed by atoms with Crippen molar-refractivity contribution >= 4 is 18.4 Å². The minimum absolute atomic E-state index is 0. The highest BCUT2D eigenvalue weighted by Crippen LogP contribution is 2.37. The van der Waals surface area contributed by atoms with Crippen LogP contribution in [0.5, 0.6) is 0 Å². The SMILES string of the molecule is CC1(C)Cc2cc(C(=O)O)n(CCN)c2C1.Cl. The lowest BCUT2D eigenvalue weighted by Gasteiger charge is -2.17. The van der Waals surface area contributed by atoms with Crippen LogP contribution in [0.2, 0.25) is 0 Å². The van der Waals surface area contributed by atoms with Crippen molar-refractivity contribution in [2.45, 2.75) is 33.2 Å². The molecule has 17 heavy (non-hydrogen) atoms. The first-order valence-corrected chi connectivity index (χ1v) is 5.59. The van der Waals surface area contributed by atoms with Crippen LogP contribution in [0.4, 0.5) is 0 Å². The fourth-order valence-electron chi connectivity index (χ4n) is 2.60. The molecule has 5 heteroatoms. The molecule has 0 saturated carbocycles. The average Bonchev–Trinajstić information content (AvgIpc) is 2.60. The number of nitrogens with zero attached hydrogens (tertiary/aromatic N) is 1. The topological polar surface area (TPSA) is 68.2 Å². The molecule has 0 saturated heterocycles. The molecule has 0 spiro atoms. The number of carboxylic acid groups (broad SMARTS) is 1. The maximum atomic E-state index is 11.1. The van der Waals surface area contributed by atoms with E-state index in [1.807, 2.05) is 10.6 Å². The first-order valence-electron chi connectivity index (χ1n) is 5.59. The van der Waals surface area contributed by atoms with Crippen LogP contribution in [-0.2, 0) is 19.4 Å². The molecule has 96 valence electrons. The monoisotopic (exact) mass is 258 g/mol. The summed E-state index contributed by atoms with van der Waals surface area (Å²) >= 11 is 0. The molecule has 3 N–H and O–H groups in total. The smallest absolute Gasteiger partial charge is 0.352 e. The molecule has 1 aliphatic rings. The summed E-state index contributed by atoms with van der Waals surface area (Å²) in [4.78, 5) is 11.1. The second-order valence-corrected chi connectivity index (χ2v) is 5.26. The number of carbonyl (C=O) groups is 1. The molecule has 2 rings (SSSR count). The highest BCUT2D eigenvalue weighted by Gasteiger charge is 2.33. The van der Waals surface area contributed by atoms with Gasteiger partial charge in [-0.05, 0) is 29.9 Å². The molecule has 4 nitrogen and oxygen atoms in total.